The number of aromatic nitrogens is 2. The SMILES string of the molecule is [C-]#[N+]c1c(N)sc2c(F)ccc(-c3c(C(F)(F)F)cc4c(N5C[C@@H](C)N(C(=O)C=C)C[C@@H]5C)nc(OC[C@@H]5C[C@@H](OC)CN5C)nc4c3F)c12. The number of alkyl halides is 3. The molecule has 10 nitrogen and oxygen atoms in total. The summed E-state index contributed by atoms with van der Waals surface area (Å²) in [6.07, 6.45) is -3.30. The average Bonchev–Trinajstić information content (AvgIpc) is 3.62. The predicted molar refractivity (Wildman–Crippen MR) is 181 cm³/mol. The molecule has 50 heavy (non-hydrogen) atoms. The lowest BCUT2D eigenvalue weighted by Crippen LogP contribution is -2.58. The van der Waals surface area contributed by atoms with Crippen LogP contribution < -0.4 is 15.4 Å². The third-order valence-electron chi connectivity index (χ3n) is 9.47. The van der Waals surface area contributed by atoms with Gasteiger partial charge in [-0.3, -0.25) is 9.69 Å². The first-order valence-corrected chi connectivity index (χ1v) is 16.5. The monoisotopic (exact) mass is 715 g/mol. The fraction of sp³-hybridized carbons (Fsp3) is 0.412. The van der Waals surface area contributed by atoms with Gasteiger partial charge in [0.2, 0.25) is 11.6 Å². The van der Waals surface area contributed by atoms with Crippen LogP contribution in [-0.4, -0.2) is 90.3 Å². The number of benzene rings is 2. The summed E-state index contributed by atoms with van der Waals surface area (Å²) >= 11 is 0.696. The van der Waals surface area contributed by atoms with Crippen molar-refractivity contribution in [1.29, 1.82) is 0 Å². The average molecular weight is 716 g/mol. The lowest BCUT2D eigenvalue weighted by Gasteiger charge is -2.44. The van der Waals surface area contributed by atoms with Gasteiger partial charge in [0.05, 0.1) is 27.9 Å². The molecule has 2 aromatic heterocycles. The number of ether oxygens (including phenoxy) is 2. The Morgan fingerprint density at radius 3 is 2.58 bits per heavy atom. The molecule has 16 heteroatoms. The first-order chi connectivity index (χ1) is 23.7. The van der Waals surface area contributed by atoms with E-state index in [1.165, 1.54) is 6.08 Å². The third-order valence-corrected chi connectivity index (χ3v) is 10.5. The molecule has 0 radical (unpaired) electrons. The summed E-state index contributed by atoms with van der Waals surface area (Å²) in [5, 5.41) is -0.569. The molecule has 4 aromatic rings. The molecule has 2 N–H and O–H groups in total. The van der Waals surface area contributed by atoms with Crippen LogP contribution in [0.2, 0.25) is 0 Å². The van der Waals surface area contributed by atoms with Gasteiger partial charge >= 0.3 is 12.2 Å². The molecule has 0 bridgehead atoms. The number of nitrogens with zero attached hydrogens (tertiary/aromatic N) is 6. The summed E-state index contributed by atoms with van der Waals surface area (Å²) in [6, 6.07) is 1.48. The maximum absolute atomic E-state index is 17.1. The lowest BCUT2D eigenvalue weighted by molar-refractivity contribution is -0.137. The van der Waals surface area contributed by atoms with E-state index < -0.39 is 46.5 Å². The van der Waals surface area contributed by atoms with Crippen molar-refractivity contribution in [2.45, 2.75) is 50.7 Å². The lowest BCUT2D eigenvalue weighted by atomic mass is 9.93. The fourth-order valence-electron chi connectivity index (χ4n) is 6.87. The molecule has 2 saturated heterocycles. The Bertz CT molecular complexity index is 2050. The molecule has 0 unspecified atom stereocenters. The van der Waals surface area contributed by atoms with Crippen molar-refractivity contribution in [2.75, 3.05) is 51.0 Å². The molecule has 2 aliphatic rings. The molecule has 264 valence electrons. The second-order valence-corrected chi connectivity index (χ2v) is 13.7. The number of nitrogen functional groups attached to an aromatic ring is 1. The van der Waals surface area contributed by atoms with Crippen LogP contribution in [0.1, 0.15) is 25.8 Å². The molecule has 0 aliphatic carbocycles. The summed E-state index contributed by atoms with van der Waals surface area (Å²) in [5.74, 6) is -2.47. The van der Waals surface area contributed by atoms with Crippen LogP contribution in [0.25, 0.3) is 37.0 Å². The number of nitrogens with two attached hydrogens (primary N) is 1. The molecule has 6 rings (SSSR count). The Morgan fingerprint density at radius 1 is 1.20 bits per heavy atom. The predicted octanol–water partition coefficient (Wildman–Crippen LogP) is 6.65. The number of likely N-dealkylation sites (N-methyl/N-ethyl adjacent to an activating group) is 1. The van der Waals surface area contributed by atoms with E-state index >= 15 is 17.6 Å². The van der Waals surface area contributed by atoms with Gasteiger partial charge in [0.25, 0.3) is 0 Å². The van der Waals surface area contributed by atoms with Gasteiger partial charge in [0, 0.05) is 61.2 Å². The zero-order valence-corrected chi connectivity index (χ0v) is 28.5. The highest BCUT2D eigenvalue weighted by molar-refractivity contribution is 7.23. The van der Waals surface area contributed by atoms with E-state index in [9.17, 15) is 9.18 Å². The minimum atomic E-state index is -5.10. The van der Waals surface area contributed by atoms with Crippen molar-refractivity contribution in [1.82, 2.24) is 19.8 Å². The van der Waals surface area contributed by atoms with Crippen molar-refractivity contribution in [3.8, 4) is 17.1 Å². The number of thiophene rings is 1. The first-order valence-electron chi connectivity index (χ1n) is 15.7. The van der Waals surface area contributed by atoms with Crippen LogP contribution in [0.3, 0.4) is 0 Å². The quantitative estimate of drug-likeness (QED) is 0.129. The van der Waals surface area contributed by atoms with Crippen LogP contribution in [0.4, 0.5) is 38.5 Å². The maximum Gasteiger partial charge on any atom is 0.417 e. The van der Waals surface area contributed by atoms with E-state index in [1.54, 1.807) is 30.8 Å². The van der Waals surface area contributed by atoms with Crippen LogP contribution >= 0.6 is 11.3 Å². The maximum atomic E-state index is 17.1. The highest BCUT2D eigenvalue weighted by Crippen LogP contribution is 2.50. The summed E-state index contributed by atoms with van der Waals surface area (Å²) in [7, 11) is 3.51. The topological polar surface area (TPSA) is 101 Å². The number of fused-ring (bicyclic) bond motifs is 2. The van der Waals surface area contributed by atoms with E-state index in [-0.39, 0.29) is 81.3 Å². The number of likely N-dealkylation sites (tertiary alicyclic amines) is 1. The van der Waals surface area contributed by atoms with Crippen LogP contribution in [0.15, 0.2) is 30.9 Å². The summed E-state index contributed by atoms with van der Waals surface area (Å²) < 4.78 is 88.3. The molecule has 4 heterocycles. The second-order valence-electron chi connectivity index (χ2n) is 12.6. The molecule has 1 amide bonds. The molecule has 2 aromatic carbocycles. The van der Waals surface area contributed by atoms with E-state index in [1.807, 2.05) is 11.9 Å². The van der Waals surface area contributed by atoms with Crippen LogP contribution in [0, 0.1) is 18.2 Å². The van der Waals surface area contributed by atoms with Crippen LogP contribution in [0.5, 0.6) is 6.01 Å². The highest BCUT2D eigenvalue weighted by atomic mass is 32.1. The smallest absolute Gasteiger partial charge is 0.417 e. The van der Waals surface area contributed by atoms with Gasteiger partial charge in [0.1, 0.15) is 23.8 Å². The van der Waals surface area contributed by atoms with Crippen molar-refractivity contribution in [2.24, 2.45) is 0 Å². The van der Waals surface area contributed by atoms with E-state index in [0.717, 1.165) is 18.2 Å². The number of hydrogen-bond acceptors (Lipinski definition) is 9. The van der Waals surface area contributed by atoms with E-state index in [2.05, 4.69) is 21.4 Å². The zero-order chi connectivity index (χ0) is 36.2. The first kappa shape index (κ1) is 35.2. The fourth-order valence-corrected chi connectivity index (χ4v) is 7.80. The molecular formula is C34H34F5N7O3S. The number of hydrogen-bond donors (Lipinski definition) is 1. The number of halogens is 5. The van der Waals surface area contributed by atoms with Crippen molar-refractivity contribution < 1.29 is 36.2 Å². The second kappa shape index (κ2) is 13.3. The minimum absolute atomic E-state index is 0.00794. The van der Waals surface area contributed by atoms with Gasteiger partial charge in [-0.1, -0.05) is 12.6 Å². The summed E-state index contributed by atoms with van der Waals surface area (Å²) in [4.78, 5) is 30.1. The van der Waals surface area contributed by atoms with Gasteiger partial charge in [-0.25, -0.2) is 13.6 Å². The molecule has 4 atom stereocenters. The van der Waals surface area contributed by atoms with Crippen molar-refractivity contribution in [3.63, 3.8) is 0 Å². The van der Waals surface area contributed by atoms with Crippen LogP contribution in [-0.2, 0) is 15.7 Å². The Hall–Kier alpha value is -4.59. The molecule has 0 spiro atoms. The van der Waals surface area contributed by atoms with Gasteiger partial charge < -0.3 is 25.0 Å². The highest BCUT2D eigenvalue weighted by Gasteiger charge is 2.40. The van der Waals surface area contributed by atoms with Gasteiger partial charge in [-0.15, -0.1) is 11.3 Å². The number of rotatable bonds is 7. The standard InChI is InChI=1S/C34H34F5N7O3S/c1-7-24(47)45-12-17(3)46(13-16(45)2)32-21-11-22(34(37,38)39)25(20-8-9-23(35)30-26(20)29(41-4)31(40)50-30)27(36)28(21)42-33(43-32)49-15-18-10-19(48-6)14-44(18)5/h7-9,11,16-19H,1,10,12-15,40H2,2-3,5-6H3/t16-,17+,18+,19-/m1/s1. The van der Waals surface area contributed by atoms with E-state index in [4.69, 9.17) is 21.8 Å². The number of carbonyl (C=O) groups excluding carboxylic acids is 1. The normalized spacial score (nSPS) is 21.6. The van der Waals surface area contributed by atoms with E-state index in [0.29, 0.717) is 24.3 Å². The molecular weight excluding hydrogens is 681 g/mol. The number of anilines is 2. The van der Waals surface area contributed by atoms with Crippen molar-refractivity contribution in [3.05, 3.63) is 59.5 Å². The molecule has 2 fully saturated rings. The largest absolute Gasteiger partial charge is 0.462 e. The van der Waals surface area contributed by atoms with Gasteiger partial charge in [-0.2, -0.15) is 23.1 Å². The van der Waals surface area contributed by atoms with Gasteiger partial charge in [-0.05, 0) is 51.1 Å². The zero-order valence-electron chi connectivity index (χ0n) is 27.6. The molecule has 0 saturated carbocycles. The number of methoxy groups -OCH3 is 1. The molecule has 2 aliphatic heterocycles. The number of piperazine rings is 1. The summed E-state index contributed by atoms with van der Waals surface area (Å²) in [5.41, 5.74) is 2.60. The number of amides is 1. The Labute approximate surface area is 288 Å². The number of carbonyl (C=O) groups is 1. The van der Waals surface area contributed by atoms with Crippen molar-refractivity contribution >= 4 is 54.7 Å². The Morgan fingerprint density at radius 2 is 1.94 bits per heavy atom. The van der Waals surface area contributed by atoms with Gasteiger partial charge in [0.15, 0.2) is 5.82 Å². The Balaban J connectivity index is 1.59. The minimum Gasteiger partial charge on any atom is -0.462 e. The summed E-state index contributed by atoms with van der Waals surface area (Å²) in [6.45, 7) is 15.8. The third kappa shape index (κ3) is 6.07. The Kier molecular flexibility index (Phi) is 9.35.